The Labute approximate surface area is 195 Å². The van der Waals surface area contributed by atoms with Crippen LogP contribution in [0.2, 0.25) is 5.02 Å². The maximum Gasteiger partial charge on any atom is 0.335 e. The van der Waals surface area contributed by atoms with Crippen LogP contribution in [0.3, 0.4) is 0 Å². The number of halogens is 1. The quantitative estimate of drug-likeness (QED) is 0.444. The van der Waals surface area contributed by atoms with Crippen molar-refractivity contribution in [2.45, 2.75) is 0 Å². The van der Waals surface area contributed by atoms with Crippen LogP contribution in [0, 0.1) is 0 Å². The molecular formula is C23H12ClN2O8-. The van der Waals surface area contributed by atoms with Gasteiger partial charge in [0.05, 0.1) is 16.7 Å². The van der Waals surface area contributed by atoms with Gasteiger partial charge in [0, 0.05) is 11.6 Å². The number of barbiturate groups is 1. The fraction of sp³-hybridized carbons (Fsp3) is 0.0435. The third-order valence-corrected chi connectivity index (χ3v) is 5.43. The molecule has 0 aliphatic carbocycles. The number of nitrogens with one attached hydrogen (secondary N) is 1. The fourth-order valence-corrected chi connectivity index (χ4v) is 3.69. The van der Waals surface area contributed by atoms with E-state index in [2.05, 4.69) is 5.32 Å². The minimum atomic E-state index is -1.38. The van der Waals surface area contributed by atoms with Crippen molar-refractivity contribution in [1.29, 1.82) is 0 Å². The van der Waals surface area contributed by atoms with Crippen molar-refractivity contribution in [1.82, 2.24) is 5.32 Å². The van der Waals surface area contributed by atoms with E-state index < -0.39 is 23.8 Å². The molecule has 1 saturated heterocycles. The monoisotopic (exact) mass is 479 g/mol. The summed E-state index contributed by atoms with van der Waals surface area (Å²) in [5, 5.41) is 13.5. The lowest BCUT2D eigenvalue weighted by Crippen LogP contribution is -2.54. The summed E-state index contributed by atoms with van der Waals surface area (Å²) in [4.78, 5) is 49.8. The van der Waals surface area contributed by atoms with Crippen LogP contribution in [0.1, 0.15) is 16.1 Å². The average molecular weight is 480 g/mol. The molecule has 2 aliphatic heterocycles. The number of imide groups is 2. The van der Waals surface area contributed by atoms with E-state index in [1.165, 1.54) is 48.5 Å². The molecule has 11 heteroatoms. The van der Waals surface area contributed by atoms with Gasteiger partial charge in [-0.3, -0.25) is 14.9 Å². The van der Waals surface area contributed by atoms with Gasteiger partial charge >= 0.3 is 6.03 Å². The number of anilines is 1. The van der Waals surface area contributed by atoms with Gasteiger partial charge in [-0.15, -0.1) is 0 Å². The number of carboxylic acids is 1. The van der Waals surface area contributed by atoms with Crippen LogP contribution in [0.15, 0.2) is 58.5 Å². The zero-order valence-electron chi connectivity index (χ0n) is 17.0. The number of rotatable bonds is 4. The standard InChI is InChI=1S/C23H13ClN2O8/c24-16-4-1-11(22(29)30)7-14(16)17-6-3-13(34-17)9-15-20(27)25-23(31)26(21(15)28)12-2-5-18-19(8-12)33-10-32-18/h1-9H,10H2,(H,29,30)(H,25,27,31)/p-1/b15-9-. The van der Waals surface area contributed by atoms with Gasteiger partial charge in [-0.1, -0.05) is 17.7 Å². The summed E-state index contributed by atoms with van der Waals surface area (Å²) in [5.41, 5.74) is 0.00364. The molecule has 4 amide bonds. The van der Waals surface area contributed by atoms with Gasteiger partial charge in [-0.2, -0.15) is 0 Å². The van der Waals surface area contributed by atoms with Gasteiger partial charge in [0.2, 0.25) is 6.79 Å². The van der Waals surface area contributed by atoms with Gasteiger partial charge in [0.15, 0.2) is 11.5 Å². The first-order chi connectivity index (χ1) is 16.3. The molecule has 10 nitrogen and oxygen atoms in total. The predicted octanol–water partition coefficient (Wildman–Crippen LogP) is 2.36. The summed E-state index contributed by atoms with van der Waals surface area (Å²) in [7, 11) is 0. The Morgan fingerprint density at radius 3 is 2.62 bits per heavy atom. The van der Waals surface area contributed by atoms with Crippen molar-refractivity contribution < 1.29 is 38.2 Å². The number of furan rings is 1. The molecule has 0 spiro atoms. The summed E-state index contributed by atoms with van der Waals surface area (Å²) in [5.74, 6) is -2.04. The highest BCUT2D eigenvalue weighted by molar-refractivity contribution is 6.39. The number of nitrogens with zero attached hydrogens (tertiary/aromatic N) is 1. The molecule has 2 aliphatic rings. The first kappa shape index (κ1) is 21.3. The zero-order chi connectivity index (χ0) is 24.0. The van der Waals surface area contributed by atoms with Gasteiger partial charge in [-0.25, -0.2) is 9.69 Å². The van der Waals surface area contributed by atoms with Crippen molar-refractivity contribution >= 4 is 47.2 Å². The molecule has 170 valence electrons. The van der Waals surface area contributed by atoms with Gasteiger partial charge < -0.3 is 23.8 Å². The Morgan fingerprint density at radius 2 is 1.82 bits per heavy atom. The number of aromatic carboxylic acids is 1. The number of fused-ring (bicyclic) bond motifs is 1. The number of amides is 4. The van der Waals surface area contributed by atoms with E-state index in [1.807, 2.05) is 0 Å². The van der Waals surface area contributed by atoms with E-state index in [1.54, 1.807) is 6.07 Å². The van der Waals surface area contributed by atoms with Crippen molar-refractivity contribution in [2.24, 2.45) is 0 Å². The molecule has 0 bridgehead atoms. The highest BCUT2D eigenvalue weighted by atomic mass is 35.5. The molecular weight excluding hydrogens is 468 g/mol. The van der Waals surface area contributed by atoms with Crippen LogP contribution >= 0.6 is 11.6 Å². The maximum atomic E-state index is 13.1. The molecule has 3 aromatic rings. The summed E-state index contributed by atoms with van der Waals surface area (Å²) in [6.07, 6.45) is 1.17. The smallest absolute Gasteiger partial charge is 0.335 e. The molecule has 0 atom stereocenters. The summed E-state index contributed by atoms with van der Waals surface area (Å²) in [6.45, 7) is 0.0132. The first-order valence-corrected chi connectivity index (χ1v) is 10.1. The van der Waals surface area contributed by atoms with Gasteiger partial charge in [0.25, 0.3) is 11.8 Å². The number of carboxylic acid groups (broad SMARTS) is 1. The SMILES string of the molecule is O=C1NC(=O)N(c2ccc3c(c2)OCO3)C(=O)/C1=C\c1ccc(-c2cc(C(=O)[O-])ccc2Cl)o1. The lowest BCUT2D eigenvalue weighted by atomic mass is 10.1. The molecule has 3 heterocycles. The van der Waals surface area contributed by atoms with Crippen molar-refractivity contribution in [3.05, 3.63) is 70.5 Å². The third kappa shape index (κ3) is 3.65. The number of hydrogen-bond acceptors (Lipinski definition) is 8. The van der Waals surface area contributed by atoms with E-state index in [4.69, 9.17) is 25.5 Å². The molecule has 0 unspecified atom stereocenters. The molecule has 0 radical (unpaired) electrons. The largest absolute Gasteiger partial charge is 0.545 e. The van der Waals surface area contributed by atoms with Crippen LogP contribution in [0.4, 0.5) is 10.5 Å². The van der Waals surface area contributed by atoms with E-state index in [0.29, 0.717) is 11.5 Å². The number of carbonyl (C=O) groups excluding carboxylic acids is 4. The lowest BCUT2D eigenvalue weighted by molar-refractivity contribution is -0.255. The summed E-state index contributed by atoms with van der Waals surface area (Å²) >= 11 is 6.16. The van der Waals surface area contributed by atoms with E-state index >= 15 is 0 Å². The van der Waals surface area contributed by atoms with Crippen LogP contribution < -0.4 is 24.8 Å². The highest BCUT2D eigenvalue weighted by Gasteiger charge is 2.37. The van der Waals surface area contributed by atoms with Gasteiger partial charge in [-0.05, 0) is 48.0 Å². The van der Waals surface area contributed by atoms with Crippen molar-refractivity contribution in [2.75, 3.05) is 11.7 Å². The topological polar surface area (TPSA) is 138 Å². The molecule has 34 heavy (non-hydrogen) atoms. The Kier molecular flexibility index (Phi) is 5.06. The van der Waals surface area contributed by atoms with E-state index in [-0.39, 0.29) is 45.7 Å². The Morgan fingerprint density at radius 1 is 1.03 bits per heavy atom. The lowest BCUT2D eigenvalue weighted by Gasteiger charge is -2.26. The van der Waals surface area contributed by atoms with Crippen LogP contribution in [0.5, 0.6) is 11.5 Å². The Bertz CT molecular complexity index is 1420. The molecule has 5 rings (SSSR count). The predicted molar refractivity (Wildman–Crippen MR) is 115 cm³/mol. The van der Waals surface area contributed by atoms with Gasteiger partial charge in [0.1, 0.15) is 17.1 Å². The number of hydrogen-bond donors (Lipinski definition) is 1. The average Bonchev–Trinajstić information content (AvgIpc) is 3.46. The number of carbonyl (C=O) groups is 4. The number of ether oxygens (including phenoxy) is 2. The van der Waals surface area contributed by atoms with Crippen molar-refractivity contribution in [3.8, 4) is 22.8 Å². The molecule has 0 saturated carbocycles. The van der Waals surface area contributed by atoms with Crippen LogP contribution in [-0.2, 0) is 9.59 Å². The number of benzene rings is 2. The third-order valence-electron chi connectivity index (χ3n) is 5.10. The van der Waals surface area contributed by atoms with E-state index in [9.17, 15) is 24.3 Å². The van der Waals surface area contributed by atoms with E-state index in [0.717, 1.165) is 4.90 Å². The second kappa shape index (κ2) is 8.09. The minimum absolute atomic E-state index is 0.0132. The summed E-state index contributed by atoms with van der Waals surface area (Å²) < 4.78 is 16.2. The number of urea groups is 1. The minimum Gasteiger partial charge on any atom is -0.545 e. The normalized spacial score (nSPS) is 16.2. The molecule has 1 N–H and O–H groups in total. The second-order valence-electron chi connectivity index (χ2n) is 7.18. The maximum absolute atomic E-state index is 13.1. The Hall–Kier alpha value is -4.57. The molecule has 1 fully saturated rings. The van der Waals surface area contributed by atoms with Crippen LogP contribution in [0.25, 0.3) is 17.4 Å². The summed E-state index contributed by atoms with van der Waals surface area (Å²) in [6, 6.07) is 10.5. The zero-order valence-corrected chi connectivity index (χ0v) is 17.8. The molecule has 2 aromatic carbocycles. The second-order valence-corrected chi connectivity index (χ2v) is 7.59. The fourth-order valence-electron chi connectivity index (χ4n) is 3.47. The highest BCUT2D eigenvalue weighted by Crippen LogP contribution is 2.36. The first-order valence-electron chi connectivity index (χ1n) is 9.74. The molecule has 1 aromatic heterocycles. The van der Waals surface area contributed by atoms with Crippen LogP contribution in [-0.4, -0.2) is 30.6 Å². The Balaban J connectivity index is 1.48. The van der Waals surface area contributed by atoms with Crippen molar-refractivity contribution in [3.63, 3.8) is 0 Å².